The Morgan fingerprint density at radius 1 is 1.41 bits per heavy atom. The maximum absolute atomic E-state index is 10.5. The van der Waals surface area contributed by atoms with Crippen molar-refractivity contribution in [2.24, 2.45) is 0 Å². The number of aromatic nitrogens is 1. The van der Waals surface area contributed by atoms with Crippen LogP contribution in [0.1, 0.15) is 22.2 Å². The van der Waals surface area contributed by atoms with E-state index < -0.39 is 5.60 Å². The quantitative estimate of drug-likeness (QED) is 0.923. The van der Waals surface area contributed by atoms with Crippen molar-refractivity contribution >= 4 is 22.9 Å². The van der Waals surface area contributed by atoms with Gasteiger partial charge in [-0.15, -0.1) is 11.3 Å². The Morgan fingerprint density at radius 3 is 2.76 bits per heavy atom. The second kappa shape index (κ2) is 4.77. The lowest BCUT2D eigenvalue weighted by Gasteiger charge is -2.22. The normalized spacial score (nSPS) is 14.6. The van der Waals surface area contributed by atoms with E-state index >= 15 is 0 Å². The van der Waals surface area contributed by atoms with Crippen molar-refractivity contribution in [1.82, 2.24) is 4.98 Å². The smallest absolute Gasteiger partial charge is 0.100 e. The van der Waals surface area contributed by atoms with Gasteiger partial charge in [0.25, 0.3) is 0 Å². The van der Waals surface area contributed by atoms with Crippen LogP contribution in [0.15, 0.2) is 30.6 Å². The van der Waals surface area contributed by atoms with Crippen molar-refractivity contribution in [2.45, 2.75) is 25.9 Å². The van der Waals surface area contributed by atoms with Gasteiger partial charge in [0.1, 0.15) is 5.60 Å². The van der Waals surface area contributed by atoms with Gasteiger partial charge in [-0.2, -0.15) is 0 Å². The average molecular weight is 268 g/mol. The number of halogens is 1. The number of hydrogen-bond acceptors (Lipinski definition) is 3. The molecule has 0 spiro atoms. The van der Waals surface area contributed by atoms with E-state index in [4.69, 9.17) is 11.6 Å². The number of pyridine rings is 1. The van der Waals surface area contributed by atoms with Crippen LogP contribution in [-0.2, 0) is 12.0 Å². The first-order valence-corrected chi connectivity index (χ1v) is 6.56. The summed E-state index contributed by atoms with van der Waals surface area (Å²) in [6.45, 7) is 3.85. The van der Waals surface area contributed by atoms with Gasteiger partial charge in [-0.1, -0.05) is 11.6 Å². The van der Waals surface area contributed by atoms with Crippen molar-refractivity contribution in [3.63, 3.8) is 0 Å². The third-order valence-corrected chi connectivity index (χ3v) is 4.26. The summed E-state index contributed by atoms with van der Waals surface area (Å²) in [4.78, 5) is 6.10. The summed E-state index contributed by atoms with van der Waals surface area (Å²) in [6.07, 6.45) is 3.79. The van der Waals surface area contributed by atoms with Gasteiger partial charge in [0, 0.05) is 28.6 Å². The summed E-state index contributed by atoms with van der Waals surface area (Å²) in [5.41, 5.74) is 0.0296. The molecule has 0 fully saturated rings. The predicted molar refractivity (Wildman–Crippen MR) is 71.6 cm³/mol. The Morgan fingerprint density at radius 2 is 2.18 bits per heavy atom. The van der Waals surface area contributed by atoms with Crippen LogP contribution < -0.4 is 0 Å². The molecule has 1 N–H and O–H groups in total. The maximum Gasteiger partial charge on any atom is 0.100 e. The fraction of sp³-hybridized carbons (Fsp3) is 0.308. The van der Waals surface area contributed by atoms with Crippen molar-refractivity contribution in [2.75, 3.05) is 0 Å². The Labute approximate surface area is 110 Å². The van der Waals surface area contributed by atoms with Crippen molar-refractivity contribution in [1.29, 1.82) is 0 Å². The predicted octanol–water partition coefficient (Wildman–Crippen LogP) is 3.56. The molecule has 4 heteroatoms. The van der Waals surface area contributed by atoms with Gasteiger partial charge in [0.2, 0.25) is 0 Å². The summed E-state index contributed by atoms with van der Waals surface area (Å²) in [7, 11) is 0. The first kappa shape index (κ1) is 12.6. The molecular weight excluding hydrogens is 254 g/mol. The zero-order chi connectivity index (χ0) is 12.5. The number of hydrogen-bond donors (Lipinski definition) is 1. The largest absolute Gasteiger partial charge is 0.384 e. The minimum Gasteiger partial charge on any atom is -0.384 e. The Bertz CT molecular complexity index is 522. The lowest BCUT2D eigenvalue weighted by atomic mass is 9.95. The average Bonchev–Trinajstić information content (AvgIpc) is 2.69. The van der Waals surface area contributed by atoms with Gasteiger partial charge in [-0.3, -0.25) is 4.98 Å². The number of nitrogens with zero attached hydrogens (tertiary/aromatic N) is 1. The third-order valence-electron chi connectivity index (χ3n) is 2.66. The summed E-state index contributed by atoms with van der Waals surface area (Å²) < 4.78 is 0. The van der Waals surface area contributed by atoms with Crippen LogP contribution in [0.25, 0.3) is 0 Å². The van der Waals surface area contributed by atoms with Gasteiger partial charge >= 0.3 is 0 Å². The highest BCUT2D eigenvalue weighted by atomic mass is 35.5. The van der Waals surface area contributed by atoms with E-state index in [0.717, 1.165) is 10.4 Å². The molecule has 90 valence electrons. The van der Waals surface area contributed by atoms with E-state index in [2.05, 4.69) is 4.98 Å². The van der Waals surface area contributed by atoms with E-state index in [1.54, 1.807) is 23.7 Å². The highest BCUT2D eigenvalue weighted by molar-refractivity contribution is 7.12. The second-order valence-electron chi connectivity index (χ2n) is 4.33. The fourth-order valence-electron chi connectivity index (χ4n) is 1.73. The topological polar surface area (TPSA) is 33.1 Å². The van der Waals surface area contributed by atoms with Crippen molar-refractivity contribution in [3.8, 4) is 0 Å². The summed E-state index contributed by atoms with van der Waals surface area (Å²) >= 11 is 7.66. The second-order valence-corrected chi connectivity index (χ2v) is 6.02. The molecule has 0 aromatic carbocycles. The molecule has 2 heterocycles. The van der Waals surface area contributed by atoms with E-state index in [1.807, 2.05) is 32.0 Å². The first-order valence-electron chi connectivity index (χ1n) is 5.37. The standard InChI is InChI=1S/C13H14ClNOS/c1-9-3-4-12(17-9)13(2,16)7-10-5-6-15-8-11(10)14/h3-6,8,16H,7H2,1-2H3. The minimum absolute atomic E-state index is 0.494. The molecule has 2 aromatic heterocycles. The van der Waals surface area contributed by atoms with Gasteiger partial charge in [0.15, 0.2) is 0 Å². The summed E-state index contributed by atoms with van der Waals surface area (Å²) in [5.74, 6) is 0. The number of aliphatic hydroxyl groups is 1. The molecule has 0 saturated carbocycles. The lowest BCUT2D eigenvalue weighted by molar-refractivity contribution is 0.0615. The molecule has 0 bridgehead atoms. The van der Waals surface area contributed by atoms with Crippen LogP contribution in [0.3, 0.4) is 0 Å². The first-order chi connectivity index (χ1) is 7.99. The highest BCUT2D eigenvalue weighted by Gasteiger charge is 2.26. The maximum atomic E-state index is 10.5. The molecular formula is C13H14ClNOS. The van der Waals surface area contributed by atoms with Crippen molar-refractivity contribution < 1.29 is 5.11 Å². The summed E-state index contributed by atoms with van der Waals surface area (Å²) in [5, 5.41) is 11.1. The molecule has 0 aliphatic heterocycles. The monoisotopic (exact) mass is 267 g/mol. The number of rotatable bonds is 3. The lowest BCUT2D eigenvalue weighted by Crippen LogP contribution is -2.23. The molecule has 0 aliphatic carbocycles. The van der Waals surface area contributed by atoms with Crippen LogP contribution in [0.5, 0.6) is 0 Å². The van der Waals surface area contributed by atoms with E-state index in [0.29, 0.717) is 11.4 Å². The van der Waals surface area contributed by atoms with Gasteiger partial charge in [0.05, 0.1) is 5.02 Å². The van der Waals surface area contributed by atoms with Gasteiger partial charge < -0.3 is 5.11 Å². The van der Waals surface area contributed by atoms with Gasteiger partial charge in [-0.25, -0.2) is 0 Å². The summed E-state index contributed by atoms with van der Waals surface area (Å²) in [6, 6.07) is 5.83. The Hall–Kier alpha value is -0.900. The van der Waals surface area contributed by atoms with Crippen LogP contribution in [0, 0.1) is 6.92 Å². The molecule has 1 unspecified atom stereocenters. The van der Waals surface area contributed by atoms with E-state index in [-0.39, 0.29) is 0 Å². The molecule has 2 aromatic rings. The fourth-order valence-corrected chi connectivity index (χ4v) is 2.83. The van der Waals surface area contributed by atoms with Gasteiger partial charge in [-0.05, 0) is 37.6 Å². The zero-order valence-electron chi connectivity index (χ0n) is 9.77. The Kier molecular flexibility index (Phi) is 3.52. The molecule has 0 amide bonds. The van der Waals surface area contributed by atoms with E-state index in [1.165, 1.54) is 4.88 Å². The van der Waals surface area contributed by atoms with Crippen LogP contribution >= 0.6 is 22.9 Å². The van der Waals surface area contributed by atoms with E-state index in [9.17, 15) is 5.11 Å². The molecule has 2 nitrogen and oxygen atoms in total. The molecule has 0 saturated heterocycles. The number of aryl methyl sites for hydroxylation is 1. The van der Waals surface area contributed by atoms with Crippen LogP contribution in [0.2, 0.25) is 5.02 Å². The Balaban J connectivity index is 2.26. The molecule has 1 atom stereocenters. The molecule has 2 rings (SSSR count). The molecule has 0 radical (unpaired) electrons. The number of thiophene rings is 1. The molecule has 17 heavy (non-hydrogen) atoms. The van der Waals surface area contributed by atoms with Crippen LogP contribution in [0.4, 0.5) is 0 Å². The zero-order valence-corrected chi connectivity index (χ0v) is 11.3. The SMILES string of the molecule is Cc1ccc(C(C)(O)Cc2ccncc2Cl)s1. The van der Waals surface area contributed by atoms with Crippen LogP contribution in [-0.4, -0.2) is 10.1 Å². The third kappa shape index (κ3) is 2.86. The minimum atomic E-state index is -0.885. The molecule has 0 aliphatic rings. The highest BCUT2D eigenvalue weighted by Crippen LogP contribution is 2.32. The van der Waals surface area contributed by atoms with Crippen molar-refractivity contribution in [3.05, 3.63) is 50.9 Å².